The number of benzene rings is 2. The summed E-state index contributed by atoms with van der Waals surface area (Å²) in [6, 6.07) is 11.5. The zero-order chi connectivity index (χ0) is 15.2. The molecule has 0 spiro atoms. The summed E-state index contributed by atoms with van der Waals surface area (Å²) in [6.45, 7) is 0. The lowest BCUT2D eigenvalue weighted by molar-refractivity contribution is 0.568. The molecule has 0 saturated heterocycles. The number of thioether (sulfide) groups is 1. The van der Waals surface area contributed by atoms with Gasteiger partial charge < -0.3 is 5.32 Å². The second-order valence-corrected chi connectivity index (χ2v) is 6.70. The molecule has 1 unspecified atom stereocenters. The van der Waals surface area contributed by atoms with Crippen LogP contribution in [0.1, 0.15) is 5.56 Å². The summed E-state index contributed by atoms with van der Waals surface area (Å²) in [5.74, 6) is 0.361. The van der Waals surface area contributed by atoms with E-state index in [1.807, 2.05) is 13.1 Å². The average Bonchev–Trinajstić information content (AvgIpc) is 2.48. The Bertz CT molecular complexity index is 589. The van der Waals surface area contributed by atoms with Gasteiger partial charge in [0.05, 0.1) is 0 Å². The van der Waals surface area contributed by atoms with Crippen molar-refractivity contribution < 1.29 is 8.78 Å². The molecule has 2 rings (SSSR count). The topological polar surface area (TPSA) is 12.0 Å². The van der Waals surface area contributed by atoms with Crippen molar-refractivity contribution in [2.45, 2.75) is 17.4 Å². The van der Waals surface area contributed by atoms with Gasteiger partial charge in [0.2, 0.25) is 0 Å². The Kier molecular flexibility index (Phi) is 6.21. The van der Waals surface area contributed by atoms with E-state index in [-0.39, 0.29) is 17.7 Å². The van der Waals surface area contributed by atoms with Crippen molar-refractivity contribution in [3.63, 3.8) is 0 Å². The summed E-state index contributed by atoms with van der Waals surface area (Å²) in [5.41, 5.74) is 0.684. The van der Waals surface area contributed by atoms with E-state index in [1.54, 1.807) is 30.0 Å². The SMILES string of the molecule is CNC(CSc1ccc(F)cc1)Cc1cc(Br)ccc1F. The molecule has 5 heteroatoms. The van der Waals surface area contributed by atoms with Crippen LogP contribution in [0.2, 0.25) is 0 Å². The lowest BCUT2D eigenvalue weighted by Crippen LogP contribution is -2.30. The molecule has 0 saturated carbocycles. The standard InChI is InChI=1S/C16H16BrF2NS/c1-20-14(9-11-8-12(17)2-7-16(11)19)10-21-15-5-3-13(18)4-6-15/h2-8,14,20H,9-10H2,1H3. The molecule has 0 aromatic heterocycles. The number of hydrogen-bond donors (Lipinski definition) is 1. The van der Waals surface area contributed by atoms with Gasteiger partial charge in [-0.05, 0) is 61.5 Å². The van der Waals surface area contributed by atoms with Crippen LogP contribution in [-0.2, 0) is 6.42 Å². The third kappa shape index (κ3) is 5.09. The maximum absolute atomic E-state index is 13.8. The minimum absolute atomic E-state index is 0.142. The largest absolute Gasteiger partial charge is 0.316 e. The van der Waals surface area contributed by atoms with Gasteiger partial charge in [0.25, 0.3) is 0 Å². The van der Waals surface area contributed by atoms with Crippen molar-refractivity contribution in [3.8, 4) is 0 Å². The predicted molar refractivity (Wildman–Crippen MR) is 87.8 cm³/mol. The van der Waals surface area contributed by atoms with Crippen molar-refractivity contribution in [2.75, 3.05) is 12.8 Å². The normalized spacial score (nSPS) is 12.4. The Morgan fingerprint density at radius 3 is 2.52 bits per heavy atom. The lowest BCUT2D eigenvalue weighted by Gasteiger charge is -2.16. The van der Waals surface area contributed by atoms with Gasteiger partial charge in [-0.15, -0.1) is 11.8 Å². The third-order valence-corrected chi connectivity index (χ3v) is 4.81. The van der Waals surface area contributed by atoms with E-state index < -0.39 is 0 Å². The molecule has 1 atom stereocenters. The minimum Gasteiger partial charge on any atom is -0.316 e. The highest BCUT2D eigenvalue weighted by Gasteiger charge is 2.12. The highest BCUT2D eigenvalue weighted by molar-refractivity contribution is 9.10. The summed E-state index contributed by atoms with van der Waals surface area (Å²) in [5, 5.41) is 3.20. The highest BCUT2D eigenvalue weighted by Crippen LogP contribution is 2.22. The van der Waals surface area contributed by atoms with Gasteiger partial charge in [0, 0.05) is 21.2 Å². The van der Waals surface area contributed by atoms with Crippen LogP contribution in [0.3, 0.4) is 0 Å². The van der Waals surface area contributed by atoms with Gasteiger partial charge >= 0.3 is 0 Å². The van der Waals surface area contributed by atoms with Crippen molar-refractivity contribution in [1.29, 1.82) is 0 Å². The summed E-state index contributed by atoms with van der Waals surface area (Å²) >= 11 is 4.99. The maximum Gasteiger partial charge on any atom is 0.126 e. The molecule has 112 valence electrons. The summed E-state index contributed by atoms with van der Waals surface area (Å²) < 4.78 is 27.5. The summed E-state index contributed by atoms with van der Waals surface area (Å²) in [7, 11) is 1.87. The van der Waals surface area contributed by atoms with Crippen molar-refractivity contribution >= 4 is 27.7 Å². The fourth-order valence-electron chi connectivity index (χ4n) is 1.94. The van der Waals surface area contributed by atoms with E-state index in [9.17, 15) is 8.78 Å². The van der Waals surface area contributed by atoms with E-state index in [4.69, 9.17) is 0 Å². The number of likely N-dealkylation sites (N-methyl/N-ethyl adjacent to an activating group) is 1. The number of halogens is 3. The Morgan fingerprint density at radius 2 is 1.86 bits per heavy atom. The molecule has 0 aliphatic rings. The smallest absolute Gasteiger partial charge is 0.126 e. The monoisotopic (exact) mass is 371 g/mol. The zero-order valence-electron chi connectivity index (χ0n) is 11.6. The molecule has 2 aromatic rings. The van der Waals surface area contributed by atoms with Gasteiger partial charge in [0.15, 0.2) is 0 Å². The van der Waals surface area contributed by atoms with Gasteiger partial charge in [-0.2, -0.15) is 0 Å². The fraction of sp³-hybridized carbons (Fsp3) is 0.250. The molecule has 0 aliphatic carbocycles. The van der Waals surface area contributed by atoms with Gasteiger partial charge in [-0.1, -0.05) is 15.9 Å². The first kappa shape index (κ1) is 16.5. The van der Waals surface area contributed by atoms with Crippen LogP contribution in [-0.4, -0.2) is 18.8 Å². The van der Waals surface area contributed by atoms with Crippen LogP contribution in [0.5, 0.6) is 0 Å². The number of nitrogens with one attached hydrogen (secondary N) is 1. The van der Waals surface area contributed by atoms with E-state index in [0.29, 0.717) is 12.0 Å². The van der Waals surface area contributed by atoms with E-state index in [2.05, 4.69) is 21.2 Å². The molecule has 0 amide bonds. The molecule has 0 fully saturated rings. The Morgan fingerprint density at radius 1 is 1.14 bits per heavy atom. The van der Waals surface area contributed by atoms with Crippen LogP contribution in [0.15, 0.2) is 51.8 Å². The Hall–Kier alpha value is -0.910. The fourth-order valence-corrected chi connectivity index (χ4v) is 3.35. The maximum atomic E-state index is 13.8. The van der Waals surface area contributed by atoms with Crippen molar-refractivity contribution in [3.05, 3.63) is 64.1 Å². The van der Waals surface area contributed by atoms with Crippen LogP contribution >= 0.6 is 27.7 Å². The molecular weight excluding hydrogens is 356 g/mol. The Labute approximate surface area is 136 Å². The molecule has 0 aliphatic heterocycles. The number of hydrogen-bond acceptors (Lipinski definition) is 2. The first-order valence-corrected chi connectivity index (χ1v) is 8.36. The van der Waals surface area contributed by atoms with E-state index in [0.717, 1.165) is 15.1 Å². The van der Waals surface area contributed by atoms with Gasteiger partial charge in [-0.25, -0.2) is 8.78 Å². The first-order chi connectivity index (χ1) is 10.1. The van der Waals surface area contributed by atoms with Gasteiger partial charge in [-0.3, -0.25) is 0 Å². The summed E-state index contributed by atoms with van der Waals surface area (Å²) in [6.07, 6.45) is 0.607. The van der Waals surface area contributed by atoms with Gasteiger partial charge in [0.1, 0.15) is 11.6 Å². The second-order valence-electron chi connectivity index (χ2n) is 4.69. The minimum atomic E-state index is -0.235. The lowest BCUT2D eigenvalue weighted by atomic mass is 10.1. The molecular formula is C16H16BrF2NS. The van der Waals surface area contributed by atoms with E-state index >= 15 is 0 Å². The van der Waals surface area contributed by atoms with Crippen LogP contribution in [0.4, 0.5) is 8.78 Å². The van der Waals surface area contributed by atoms with Crippen LogP contribution < -0.4 is 5.32 Å². The zero-order valence-corrected chi connectivity index (χ0v) is 14.0. The average molecular weight is 372 g/mol. The van der Waals surface area contributed by atoms with Crippen molar-refractivity contribution in [2.24, 2.45) is 0 Å². The summed E-state index contributed by atoms with van der Waals surface area (Å²) in [4.78, 5) is 1.01. The van der Waals surface area contributed by atoms with E-state index in [1.165, 1.54) is 18.2 Å². The molecule has 1 nitrogen and oxygen atoms in total. The predicted octanol–water partition coefficient (Wildman–Crippen LogP) is 4.65. The first-order valence-electron chi connectivity index (χ1n) is 6.58. The molecule has 2 aromatic carbocycles. The highest BCUT2D eigenvalue weighted by atomic mass is 79.9. The van der Waals surface area contributed by atoms with Crippen molar-refractivity contribution in [1.82, 2.24) is 5.32 Å². The quantitative estimate of drug-likeness (QED) is 0.741. The molecule has 0 radical (unpaired) electrons. The molecule has 1 N–H and O–H groups in total. The van der Waals surface area contributed by atoms with Crippen LogP contribution in [0, 0.1) is 11.6 Å². The number of rotatable bonds is 6. The Balaban J connectivity index is 1.96. The second kappa shape index (κ2) is 7.92. The molecule has 0 heterocycles. The van der Waals surface area contributed by atoms with Crippen LogP contribution in [0.25, 0.3) is 0 Å². The molecule has 21 heavy (non-hydrogen) atoms. The molecule has 0 bridgehead atoms. The third-order valence-electron chi connectivity index (χ3n) is 3.15.